The second kappa shape index (κ2) is 6.28. The van der Waals surface area contributed by atoms with Crippen molar-refractivity contribution >= 4 is 43.2 Å². The van der Waals surface area contributed by atoms with Crippen molar-refractivity contribution in [3.8, 4) is 0 Å². The molecule has 0 aliphatic carbocycles. The molecule has 1 aromatic heterocycles. The molecule has 1 heterocycles. The molecule has 2 rings (SSSR count). The monoisotopic (exact) mass is 391 g/mol. The van der Waals surface area contributed by atoms with Gasteiger partial charge in [-0.1, -0.05) is 12.1 Å². The van der Waals surface area contributed by atoms with Gasteiger partial charge in [0.1, 0.15) is 5.82 Å². The Balaban J connectivity index is 2.25. The van der Waals surface area contributed by atoms with Gasteiger partial charge in [-0.05, 0) is 51.0 Å². The highest BCUT2D eigenvalue weighted by molar-refractivity contribution is 9.10. The fourth-order valence-electron chi connectivity index (χ4n) is 1.82. The van der Waals surface area contributed by atoms with E-state index in [0.29, 0.717) is 10.0 Å². The fraction of sp³-hybridized carbons (Fsp3) is 0.231. The first kappa shape index (κ1) is 14.2. The quantitative estimate of drug-likeness (QED) is 0.778. The molecule has 0 aliphatic heterocycles. The van der Waals surface area contributed by atoms with Crippen LogP contribution < -0.4 is 5.32 Å². The number of thiophene rings is 1. The van der Waals surface area contributed by atoms with Gasteiger partial charge < -0.3 is 5.32 Å². The molecule has 0 aliphatic rings. The average Bonchev–Trinajstić information content (AvgIpc) is 2.76. The van der Waals surface area contributed by atoms with Gasteiger partial charge >= 0.3 is 0 Å². The van der Waals surface area contributed by atoms with E-state index in [1.165, 1.54) is 4.88 Å². The molecule has 18 heavy (non-hydrogen) atoms. The van der Waals surface area contributed by atoms with Gasteiger partial charge in [-0.2, -0.15) is 0 Å². The van der Waals surface area contributed by atoms with Crippen molar-refractivity contribution in [1.82, 2.24) is 5.32 Å². The minimum Gasteiger partial charge on any atom is -0.313 e. The summed E-state index contributed by atoms with van der Waals surface area (Å²) in [6.45, 7) is 0. The molecule has 1 atom stereocenters. The van der Waals surface area contributed by atoms with Gasteiger partial charge in [0.25, 0.3) is 0 Å². The molecule has 0 fully saturated rings. The Bertz CT molecular complexity index is 542. The van der Waals surface area contributed by atoms with Crippen LogP contribution in [0.1, 0.15) is 16.5 Å². The van der Waals surface area contributed by atoms with E-state index >= 15 is 0 Å². The highest BCUT2D eigenvalue weighted by Crippen LogP contribution is 2.29. The number of likely N-dealkylation sites (N-methyl/N-ethyl adjacent to an activating group) is 1. The lowest BCUT2D eigenvalue weighted by atomic mass is 10.0. The van der Waals surface area contributed by atoms with E-state index in [9.17, 15) is 4.39 Å². The largest absolute Gasteiger partial charge is 0.313 e. The highest BCUT2D eigenvalue weighted by atomic mass is 79.9. The van der Waals surface area contributed by atoms with Crippen LogP contribution in [0.5, 0.6) is 0 Å². The van der Waals surface area contributed by atoms with Gasteiger partial charge in [0, 0.05) is 32.8 Å². The van der Waals surface area contributed by atoms with Crippen LogP contribution in [-0.2, 0) is 6.42 Å². The van der Waals surface area contributed by atoms with Crippen molar-refractivity contribution in [2.45, 2.75) is 12.5 Å². The van der Waals surface area contributed by atoms with E-state index in [2.05, 4.69) is 43.2 Å². The first-order valence-electron chi connectivity index (χ1n) is 5.46. The van der Waals surface area contributed by atoms with E-state index in [1.807, 2.05) is 24.6 Å². The molecule has 1 nitrogen and oxygen atoms in total. The number of benzene rings is 1. The minimum absolute atomic E-state index is 0.0203. The number of hydrogen-bond acceptors (Lipinski definition) is 2. The molecule has 5 heteroatoms. The molecule has 0 spiro atoms. The molecule has 1 unspecified atom stereocenters. The van der Waals surface area contributed by atoms with Crippen molar-refractivity contribution in [2.75, 3.05) is 7.05 Å². The zero-order valence-electron chi connectivity index (χ0n) is 9.71. The molecule has 0 amide bonds. The molecule has 2 aromatic rings. The number of halogens is 3. The van der Waals surface area contributed by atoms with Crippen molar-refractivity contribution in [1.29, 1.82) is 0 Å². The second-order valence-electron chi connectivity index (χ2n) is 3.92. The Morgan fingerprint density at radius 1 is 1.39 bits per heavy atom. The topological polar surface area (TPSA) is 12.0 Å². The van der Waals surface area contributed by atoms with E-state index < -0.39 is 0 Å². The van der Waals surface area contributed by atoms with E-state index in [-0.39, 0.29) is 11.9 Å². The maximum absolute atomic E-state index is 14.1. The lowest BCUT2D eigenvalue weighted by molar-refractivity contribution is 0.533. The van der Waals surface area contributed by atoms with Crippen LogP contribution in [0.4, 0.5) is 4.39 Å². The molecule has 1 aromatic carbocycles. The molecular weight excluding hydrogens is 381 g/mol. The van der Waals surface area contributed by atoms with Crippen molar-refractivity contribution < 1.29 is 4.39 Å². The van der Waals surface area contributed by atoms with Crippen LogP contribution in [-0.4, -0.2) is 7.05 Å². The van der Waals surface area contributed by atoms with Crippen molar-refractivity contribution in [2.24, 2.45) is 0 Å². The van der Waals surface area contributed by atoms with Crippen LogP contribution in [0.15, 0.2) is 38.6 Å². The molecule has 0 bridgehead atoms. The Kier molecular flexibility index (Phi) is 4.95. The maximum atomic E-state index is 14.1. The van der Waals surface area contributed by atoms with E-state index in [4.69, 9.17) is 0 Å². The third-order valence-corrected chi connectivity index (χ3v) is 5.06. The van der Waals surface area contributed by atoms with Gasteiger partial charge in [0.15, 0.2) is 0 Å². The van der Waals surface area contributed by atoms with Gasteiger partial charge in [0.05, 0.1) is 4.47 Å². The predicted molar refractivity (Wildman–Crippen MR) is 81.6 cm³/mol. The Labute approximate surface area is 127 Å². The summed E-state index contributed by atoms with van der Waals surface area (Å²) in [6, 6.07) is 7.45. The lowest BCUT2D eigenvalue weighted by Gasteiger charge is -2.17. The standard InChI is InChI=1S/C13H12Br2FNS/c1-17-12(6-9-5-8(14)7-18-9)10-3-2-4-11(15)13(10)16/h2-5,7,12,17H,6H2,1H3. The predicted octanol–water partition coefficient (Wildman–Crippen LogP) is 4.92. The normalized spacial score (nSPS) is 12.7. The van der Waals surface area contributed by atoms with Gasteiger partial charge in [-0.3, -0.25) is 0 Å². The Morgan fingerprint density at radius 3 is 2.78 bits per heavy atom. The summed E-state index contributed by atoms with van der Waals surface area (Å²) in [7, 11) is 1.85. The molecule has 96 valence electrons. The van der Waals surface area contributed by atoms with Crippen molar-refractivity contribution in [3.63, 3.8) is 0 Å². The van der Waals surface area contributed by atoms with Crippen LogP contribution in [0.25, 0.3) is 0 Å². The summed E-state index contributed by atoms with van der Waals surface area (Å²) in [6.07, 6.45) is 0.778. The number of nitrogens with one attached hydrogen (secondary N) is 1. The molecule has 0 saturated carbocycles. The van der Waals surface area contributed by atoms with Gasteiger partial charge in [-0.15, -0.1) is 11.3 Å². The molecular formula is C13H12Br2FNS. The zero-order valence-corrected chi connectivity index (χ0v) is 13.7. The minimum atomic E-state index is -0.188. The first-order valence-corrected chi connectivity index (χ1v) is 7.92. The average molecular weight is 393 g/mol. The third kappa shape index (κ3) is 3.20. The summed E-state index contributed by atoms with van der Waals surface area (Å²) in [5, 5.41) is 5.22. The van der Waals surface area contributed by atoms with Gasteiger partial charge in [0.2, 0.25) is 0 Å². The van der Waals surface area contributed by atoms with E-state index in [1.54, 1.807) is 17.4 Å². The Morgan fingerprint density at radius 2 is 2.17 bits per heavy atom. The second-order valence-corrected chi connectivity index (χ2v) is 6.69. The molecule has 1 N–H and O–H groups in total. The fourth-order valence-corrected chi connectivity index (χ4v) is 3.70. The molecule has 0 radical (unpaired) electrons. The van der Waals surface area contributed by atoms with Crippen LogP contribution in [0.2, 0.25) is 0 Å². The lowest BCUT2D eigenvalue weighted by Crippen LogP contribution is -2.19. The van der Waals surface area contributed by atoms with Crippen LogP contribution in [0.3, 0.4) is 0 Å². The summed E-state index contributed by atoms with van der Waals surface area (Å²) >= 11 is 8.34. The van der Waals surface area contributed by atoms with E-state index in [0.717, 1.165) is 10.9 Å². The van der Waals surface area contributed by atoms with Crippen LogP contribution >= 0.6 is 43.2 Å². The summed E-state index contributed by atoms with van der Waals surface area (Å²) in [5.41, 5.74) is 0.691. The first-order chi connectivity index (χ1) is 8.61. The van der Waals surface area contributed by atoms with Crippen molar-refractivity contribution in [3.05, 3.63) is 54.8 Å². The van der Waals surface area contributed by atoms with Crippen LogP contribution in [0, 0.1) is 5.82 Å². The summed E-state index contributed by atoms with van der Waals surface area (Å²) in [4.78, 5) is 1.22. The highest BCUT2D eigenvalue weighted by Gasteiger charge is 2.16. The third-order valence-electron chi connectivity index (χ3n) is 2.73. The Hall–Kier alpha value is -0.230. The SMILES string of the molecule is CNC(Cc1cc(Br)cs1)c1cccc(Br)c1F. The number of hydrogen-bond donors (Lipinski definition) is 1. The smallest absolute Gasteiger partial charge is 0.142 e. The maximum Gasteiger partial charge on any atom is 0.142 e. The number of rotatable bonds is 4. The van der Waals surface area contributed by atoms with Gasteiger partial charge in [-0.25, -0.2) is 4.39 Å². The summed E-state index contributed by atoms with van der Waals surface area (Å²) < 4.78 is 15.6. The summed E-state index contributed by atoms with van der Waals surface area (Å²) in [5.74, 6) is -0.188. The molecule has 0 saturated heterocycles. The zero-order chi connectivity index (χ0) is 13.1.